The minimum absolute atomic E-state index is 0.0328. The van der Waals surface area contributed by atoms with Crippen molar-refractivity contribution in [2.75, 3.05) is 40.6 Å². The monoisotopic (exact) mass is 314 g/mol. The molecule has 0 saturated carbocycles. The Balaban J connectivity index is 4.17. The molecule has 0 aliphatic heterocycles. The average molecular weight is 314 g/mol. The standard InChI is InChI=1S/C10H18O9S/c1-14-3-5-16-9(11)7-8(20-19-18-13)10(12)17-6-4-15-2/h8,13H,3-7H2,1-2H3. The Morgan fingerprint density at radius 1 is 1.05 bits per heavy atom. The van der Waals surface area contributed by atoms with E-state index >= 15 is 0 Å². The van der Waals surface area contributed by atoms with Gasteiger partial charge in [0.2, 0.25) is 0 Å². The lowest BCUT2D eigenvalue weighted by Crippen LogP contribution is -2.26. The van der Waals surface area contributed by atoms with Gasteiger partial charge in [-0.25, -0.2) is 5.26 Å². The van der Waals surface area contributed by atoms with Gasteiger partial charge >= 0.3 is 11.9 Å². The number of methoxy groups -OCH3 is 2. The van der Waals surface area contributed by atoms with Crippen LogP contribution in [0.4, 0.5) is 0 Å². The SMILES string of the molecule is COCCOC(=O)CC(SOOO)C(=O)OCCOC. The zero-order valence-corrected chi connectivity index (χ0v) is 12.1. The van der Waals surface area contributed by atoms with Crippen LogP contribution in [0.5, 0.6) is 0 Å². The van der Waals surface area contributed by atoms with Crippen molar-refractivity contribution in [3.63, 3.8) is 0 Å². The number of hydrogen-bond donors (Lipinski definition) is 1. The molecule has 0 saturated heterocycles. The third kappa shape index (κ3) is 9.95. The molecule has 118 valence electrons. The van der Waals surface area contributed by atoms with Crippen molar-refractivity contribution >= 4 is 24.0 Å². The number of ether oxygens (including phenoxy) is 4. The molecule has 0 aromatic rings. The van der Waals surface area contributed by atoms with Gasteiger partial charge in [-0.2, -0.15) is 0 Å². The molecule has 10 heteroatoms. The van der Waals surface area contributed by atoms with Crippen molar-refractivity contribution in [3.05, 3.63) is 0 Å². The van der Waals surface area contributed by atoms with Gasteiger partial charge in [0, 0.05) is 14.2 Å². The molecule has 0 rings (SSSR count). The Labute approximate surface area is 120 Å². The molecule has 1 N–H and O–H groups in total. The third-order valence-corrected chi connectivity index (χ3v) is 2.61. The van der Waals surface area contributed by atoms with Crippen molar-refractivity contribution in [2.24, 2.45) is 0 Å². The lowest BCUT2D eigenvalue weighted by atomic mass is 10.3. The second-order valence-electron chi connectivity index (χ2n) is 3.31. The maximum Gasteiger partial charge on any atom is 0.322 e. The quantitative estimate of drug-likeness (QED) is 0.176. The smallest absolute Gasteiger partial charge is 0.322 e. The topological polar surface area (TPSA) is 110 Å². The van der Waals surface area contributed by atoms with Crippen LogP contribution in [0.25, 0.3) is 0 Å². The van der Waals surface area contributed by atoms with Gasteiger partial charge in [0.25, 0.3) is 0 Å². The zero-order valence-electron chi connectivity index (χ0n) is 11.2. The van der Waals surface area contributed by atoms with Gasteiger partial charge in [0.05, 0.1) is 31.7 Å². The molecule has 0 spiro atoms. The molecule has 0 aliphatic carbocycles. The van der Waals surface area contributed by atoms with E-state index in [-0.39, 0.29) is 32.8 Å². The summed E-state index contributed by atoms with van der Waals surface area (Å²) in [4.78, 5) is 23.1. The largest absolute Gasteiger partial charge is 0.463 e. The first-order valence-corrected chi connectivity index (χ1v) is 6.39. The molecule has 0 fully saturated rings. The fourth-order valence-electron chi connectivity index (χ4n) is 0.989. The van der Waals surface area contributed by atoms with Crippen LogP contribution in [-0.2, 0) is 37.9 Å². The Bertz CT molecular complexity index is 273. The first-order chi connectivity index (χ1) is 9.65. The maximum atomic E-state index is 11.6. The minimum atomic E-state index is -1.03. The van der Waals surface area contributed by atoms with Crippen LogP contribution in [0.2, 0.25) is 0 Å². The summed E-state index contributed by atoms with van der Waals surface area (Å²) in [5, 5.41) is 10.4. The fourth-order valence-corrected chi connectivity index (χ4v) is 1.47. The summed E-state index contributed by atoms with van der Waals surface area (Å²) in [6, 6.07) is 0. The van der Waals surface area contributed by atoms with Crippen LogP contribution in [0.15, 0.2) is 0 Å². The second-order valence-corrected chi connectivity index (χ2v) is 4.20. The predicted octanol–water partition coefficient (Wildman–Crippen LogP) is 0.194. The van der Waals surface area contributed by atoms with Gasteiger partial charge in [-0.05, 0) is 0 Å². The van der Waals surface area contributed by atoms with Gasteiger partial charge < -0.3 is 18.9 Å². The molecular weight excluding hydrogens is 296 g/mol. The van der Waals surface area contributed by atoms with E-state index in [9.17, 15) is 9.59 Å². The van der Waals surface area contributed by atoms with E-state index in [4.69, 9.17) is 24.2 Å². The van der Waals surface area contributed by atoms with Crippen molar-refractivity contribution in [1.29, 1.82) is 0 Å². The maximum absolute atomic E-state index is 11.6. The van der Waals surface area contributed by atoms with Crippen LogP contribution in [0.1, 0.15) is 6.42 Å². The summed E-state index contributed by atoms with van der Waals surface area (Å²) < 4.78 is 23.2. The summed E-state index contributed by atoms with van der Waals surface area (Å²) >= 11 is 0.436. The van der Waals surface area contributed by atoms with E-state index in [1.54, 1.807) is 0 Å². The number of esters is 2. The molecule has 1 unspecified atom stereocenters. The van der Waals surface area contributed by atoms with Gasteiger partial charge in [0.1, 0.15) is 18.5 Å². The minimum Gasteiger partial charge on any atom is -0.463 e. The van der Waals surface area contributed by atoms with E-state index in [2.05, 4.69) is 9.37 Å². The highest BCUT2D eigenvalue weighted by Crippen LogP contribution is 2.18. The third-order valence-electron chi connectivity index (χ3n) is 1.88. The lowest BCUT2D eigenvalue weighted by molar-refractivity contribution is -0.432. The van der Waals surface area contributed by atoms with Crippen LogP contribution >= 0.6 is 12.0 Å². The van der Waals surface area contributed by atoms with E-state index in [1.807, 2.05) is 0 Å². The summed E-state index contributed by atoms with van der Waals surface area (Å²) in [5.74, 6) is -1.35. The van der Waals surface area contributed by atoms with Crippen molar-refractivity contribution in [1.82, 2.24) is 0 Å². The molecule has 0 aromatic heterocycles. The van der Waals surface area contributed by atoms with E-state index in [0.717, 1.165) is 0 Å². The molecule has 0 heterocycles. The average Bonchev–Trinajstić information content (AvgIpc) is 2.43. The van der Waals surface area contributed by atoms with Gasteiger partial charge in [-0.15, -0.1) is 4.33 Å². The van der Waals surface area contributed by atoms with Gasteiger partial charge in [0.15, 0.2) is 0 Å². The van der Waals surface area contributed by atoms with E-state index < -0.39 is 17.2 Å². The molecule has 0 aromatic carbocycles. The van der Waals surface area contributed by atoms with Gasteiger partial charge in [-0.1, -0.05) is 5.04 Å². The second kappa shape index (κ2) is 13.1. The Morgan fingerprint density at radius 3 is 2.20 bits per heavy atom. The molecule has 20 heavy (non-hydrogen) atoms. The molecule has 0 aliphatic rings. The number of carbonyl (C=O) groups excluding carboxylic acids is 2. The number of hydrogen-bond acceptors (Lipinski definition) is 10. The van der Waals surface area contributed by atoms with Crippen LogP contribution in [0.3, 0.4) is 0 Å². The van der Waals surface area contributed by atoms with Crippen molar-refractivity contribution < 1.29 is 43.2 Å². The Hall–Kier alpha value is -0.910. The van der Waals surface area contributed by atoms with E-state index in [1.165, 1.54) is 14.2 Å². The molecule has 0 amide bonds. The molecule has 9 nitrogen and oxygen atoms in total. The molecule has 0 bridgehead atoms. The van der Waals surface area contributed by atoms with Crippen LogP contribution in [0, 0.1) is 0 Å². The summed E-state index contributed by atoms with van der Waals surface area (Å²) in [6.45, 7) is 0.574. The summed E-state index contributed by atoms with van der Waals surface area (Å²) in [7, 11) is 2.92. The number of rotatable bonds is 12. The summed E-state index contributed by atoms with van der Waals surface area (Å²) in [5.41, 5.74) is 0. The number of carbonyl (C=O) groups is 2. The van der Waals surface area contributed by atoms with E-state index in [0.29, 0.717) is 12.0 Å². The first-order valence-electron chi connectivity index (χ1n) is 5.59. The van der Waals surface area contributed by atoms with Crippen LogP contribution < -0.4 is 0 Å². The Morgan fingerprint density at radius 2 is 1.65 bits per heavy atom. The van der Waals surface area contributed by atoms with Gasteiger partial charge in [-0.3, -0.25) is 9.59 Å². The van der Waals surface area contributed by atoms with Crippen molar-refractivity contribution in [2.45, 2.75) is 11.7 Å². The molecular formula is C10H18O9S. The normalized spacial score (nSPS) is 11.9. The molecule has 0 radical (unpaired) electrons. The highest BCUT2D eigenvalue weighted by molar-refractivity contribution is 7.95. The first kappa shape index (κ1) is 19.1. The van der Waals surface area contributed by atoms with Crippen molar-refractivity contribution in [3.8, 4) is 0 Å². The Kier molecular flexibility index (Phi) is 12.5. The zero-order chi connectivity index (χ0) is 15.2. The van der Waals surface area contributed by atoms with Crippen LogP contribution in [-0.4, -0.2) is 63.1 Å². The lowest BCUT2D eigenvalue weighted by Gasteiger charge is -2.13. The molecule has 1 atom stereocenters. The summed E-state index contributed by atoms with van der Waals surface area (Å²) in [6.07, 6.45) is -0.302. The highest BCUT2D eigenvalue weighted by atomic mass is 32.2. The predicted molar refractivity (Wildman–Crippen MR) is 66.5 cm³/mol. The highest BCUT2D eigenvalue weighted by Gasteiger charge is 2.26. The fraction of sp³-hybridized carbons (Fsp3) is 0.800.